The smallest absolute Gasteiger partial charge is 0.251 e. The number of halogens is 1. The van der Waals surface area contributed by atoms with Crippen LogP contribution in [0.25, 0.3) is 0 Å². The molecule has 2 atom stereocenters. The number of hydrogen-bond acceptors (Lipinski definition) is 3. The van der Waals surface area contributed by atoms with Gasteiger partial charge in [-0.2, -0.15) is 0 Å². The molecule has 0 spiro atoms. The van der Waals surface area contributed by atoms with Gasteiger partial charge in [0.1, 0.15) is 0 Å². The van der Waals surface area contributed by atoms with Crippen LogP contribution < -0.4 is 10.1 Å². The summed E-state index contributed by atoms with van der Waals surface area (Å²) < 4.78 is 18.1. The molecule has 0 saturated heterocycles. The average Bonchev–Trinajstić information content (AvgIpc) is 2.42. The Morgan fingerprint density at radius 2 is 2.16 bits per heavy atom. The van der Waals surface area contributed by atoms with Crippen molar-refractivity contribution >= 4 is 5.91 Å². The van der Waals surface area contributed by atoms with Gasteiger partial charge < -0.3 is 15.2 Å². The Labute approximate surface area is 111 Å². The molecule has 1 saturated carbocycles. The van der Waals surface area contributed by atoms with Gasteiger partial charge in [-0.15, -0.1) is 0 Å². The number of ether oxygens (including phenoxy) is 1. The monoisotopic (exact) mass is 267 g/mol. The van der Waals surface area contributed by atoms with Crippen molar-refractivity contribution in [2.45, 2.75) is 37.8 Å². The van der Waals surface area contributed by atoms with E-state index < -0.39 is 11.9 Å². The Hall–Kier alpha value is -1.62. The second kappa shape index (κ2) is 6.02. The lowest BCUT2D eigenvalue weighted by Crippen LogP contribution is -2.45. The van der Waals surface area contributed by atoms with Crippen LogP contribution in [0.4, 0.5) is 4.39 Å². The van der Waals surface area contributed by atoms with E-state index in [9.17, 15) is 14.3 Å². The number of aliphatic hydroxyl groups is 1. The number of rotatable bonds is 3. The topological polar surface area (TPSA) is 58.6 Å². The van der Waals surface area contributed by atoms with Crippen LogP contribution in [0.15, 0.2) is 18.2 Å². The van der Waals surface area contributed by atoms with Gasteiger partial charge in [-0.25, -0.2) is 4.39 Å². The molecule has 2 N–H and O–H groups in total. The summed E-state index contributed by atoms with van der Waals surface area (Å²) in [5, 5.41) is 12.6. The minimum Gasteiger partial charge on any atom is -0.494 e. The fourth-order valence-electron chi connectivity index (χ4n) is 2.33. The first-order valence-corrected chi connectivity index (χ1v) is 6.44. The van der Waals surface area contributed by atoms with E-state index >= 15 is 0 Å². The number of methoxy groups -OCH3 is 1. The first-order chi connectivity index (χ1) is 9.11. The molecule has 0 aromatic heterocycles. The first-order valence-electron chi connectivity index (χ1n) is 6.44. The maximum absolute atomic E-state index is 13.3. The van der Waals surface area contributed by atoms with Gasteiger partial charge in [0, 0.05) is 5.56 Å². The van der Waals surface area contributed by atoms with Crippen molar-refractivity contribution in [2.24, 2.45) is 0 Å². The number of carbonyl (C=O) groups is 1. The third-order valence-electron chi connectivity index (χ3n) is 3.46. The van der Waals surface area contributed by atoms with E-state index in [4.69, 9.17) is 4.74 Å². The molecule has 0 bridgehead atoms. The van der Waals surface area contributed by atoms with Crippen LogP contribution in [0.2, 0.25) is 0 Å². The van der Waals surface area contributed by atoms with E-state index in [1.165, 1.54) is 25.3 Å². The van der Waals surface area contributed by atoms with Crippen molar-refractivity contribution in [3.8, 4) is 5.75 Å². The molecule has 0 heterocycles. The first kappa shape index (κ1) is 13.8. The summed E-state index contributed by atoms with van der Waals surface area (Å²) in [7, 11) is 1.35. The second-order valence-corrected chi connectivity index (χ2v) is 4.78. The summed E-state index contributed by atoms with van der Waals surface area (Å²) in [6, 6.07) is 3.74. The Balaban J connectivity index is 2.07. The molecule has 2 rings (SSSR count). The van der Waals surface area contributed by atoms with Crippen LogP contribution >= 0.6 is 0 Å². The molecular weight excluding hydrogens is 249 g/mol. The minimum atomic E-state index is -0.503. The zero-order valence-corrected chi connectivity index (χ0v) is 10.9. The SMILES string of the molecule is COc1cc(C(=O)N[C@H]2CCCC[C@@H]2O)ccc1F. The van der Waals surface area contributed by atoms with Crippen LogP contribution in [0, 0.1) is 5.82 Å². The Bertz CT molecular complexity index is 464. The lowest BCUT2D eigenvalue weighted by atomic mass is 9.92. The van der Waals surface area contributed by atoms with Crippen LogP contribution in [-0.2, 0) is 0 Å². The molecule has 5 heteroatoms. The van der Waals surface area contributed by atoms with E-state index in [0.29, 0.717) is 12.0 Å². The molecule has 0 radical (unpaired) electrons. The normalized spacial score (nSPS) is 22.9. The Kier molecular flexibility index (Phi) is 4.37. The fourth-order valence-corrected chi connectivity index (χ4v) is 2.33. The highest BCUT2D eigenvalue weighted by molar-refractivity contribution is 5.94. The van der Waals surface area contributed by atoms with Crippen LogP contribution in [0.3, 0.4) is 0 Å². The standard InChI is InChI=1S/C14H18FNO3/c1-19-13-8-9(6-7-10(13)15)14(18)16-11-4-2-3-5-12(11)17/h6-8,11-12,17H,2-5H2,1H3,(H,16,18)/t11-,12-/m0/s1. The summed E-state index contributed by atoms with van der Waals surface area (Å²) in [4.78, 5) is 12.0. The quantitative estimate of drug-likeness (QED) is 0.879. The van der Waals surface area contributed by atoms with Gasteiger partial charge in [-0.3, -0.25) is 4.79 Å². The third-order valence-corrected chi connectivity index (χ3v) is 3.46. The zero-order valence-electron chi connectivity index (χ0n) is 10.9. The average molecular weight is 267 g/mol. The Morgan fingerprint density at radius 3 is 2.84 bits per heavy atom. The number of hydrogen-bond donors (Lipinski definition) is 2. The number of benzene rings is 1. The third kappa shape index (κ3) is 3.23. The van der Waals surface area contributed by atoms with Crippen molar-refractivity contribution in [1.82, 2.24) is 5.32 Å². The van der Waals surface area contributed by atoms with E-state index in [0.717, 1.165) is 19.3 Å². The summed E-state index contributed by atoms with van der Waals surface area (Å²) in [5.74, 6) is -0.780. The number of aliphatic hydroxyl groups excluding tert-OH is 1. The number of nitrogens with one attached hydrogen (secondary N) is 1. The largest absolute Gasteiger partial charge is 0.494 e. The lowest BCUT2D eigenvalue weighted by molar-refractivity contribution is 0.0717. The number of carbonyl (C=O) groups excluding carboxylic acids is 1. The molecule has 1 fully saturated rings. The molecule has 19 heavy (non-hydrogen) atoms. The van der Waals surface area contributed by atoms with Gasteiger partial charge in [0.05, 0.1) is 19.3 Å². The minimum absolute atomic E-state index is 0.0387. The van der Waals surface area contributed by atoms with Gasteiger partial charge in [0.25, 0.3) is 5.91 Å². The van der Waals surface area contributed by atoms with Crippen LogP contribution in [-0.4, -0.2) is 30.3 Å². The molecule has 1 amide bonds. The van der Waals surface area contributed by atoms with Crippen LogP contribution in [0.1, 0.15) is 36.0 Å². The molecule has 1 aliphatic carbocycles. The summed E-state index contributed by atoms with van der Waals surface area (Å²) in [5.41, 5.74) is 0.330. The summed E-state index contributed by atoms with van der Waals surface area (Å²) in [6.07, 6.45) is 2.95. The molecule has 0 aliphatic heterocycles. The van der Waals surface area contributed by atoms with Crippen LogP contribution in [0.5, 0.6) is 5.75 Å². The van der Waals surface area contributed by atoms with Gasteiger partial charge >= 0.3 is 0 Å². The van der Waals surface area contributed by atoms with Crippen molar-refractivity contribution in [1.29, 1.82) is 0 Å². The second-order valence-electron chi connectivity index (χ2n) is 4.78. The van der Waals surface area contributed by atoms with Gasteiger partial charge in [-0.1, -0.05) is 12.8 Å². The van der Waals surface area contributed by atoms with Crippen molar-refractivity contribution < 1.29 is 19.0 Å². The highest BCUT2D eigenvalue weighted by Crippen LogP contribution is 2.21. The fraction of sp³-hybridized carbons (Fsp3) is 0.500. The van der Waals surface area contributed by atoms with E-state index in [1.807, 2.05) is 0 Å². The predicted molar refractivity (Wildman–Crippen MR) is 68.7 cm³/mol. The Morgan fingerprint density at radius 1 is 1.42 bits per heavy atom. The zero-order chi connectivity index (χ0) is 13.8. The van der Waals surface area contributed by atoms with Crippen molar-refractivity contribution in [2.75, 3.05) is 7.11 Å². The van der Waals surface area contributed by atoms with Crippen molar-refractivity contribution in [3.05, 3.63) is 29.6 Å². The predicted octanol–water partition coefficient (Wildman–Crippen LogP) is 1.87. The van der Waals surface area contributed by atoms with E-state index in [-0.39, 0.29) is 17.7 Å². The molecule has 4 nitrogen and oxygen atoms in total. The lowest BCUT2D eigenvalue weighted by Gasteiger charge is -2.28. The van der Waals surface area contributed by atoms with E-state index in [2.05, 4.69) is 5.32 Å². The highest BCUT2D eigenvalue weighted by atomic mass is 19.1. The maximum Gasteiger partial charge on any atom is 0.251 e. The van der Waals surface area contributed by atoms with Gasteiger partial charge in [0.15, 0.2) is 11.6 Å². The maximum atomic E-state index is 13.3. The molecule has 1 aromatic rings. The molecular formula is C14H18FNO3. The van der Waals surface area contributed by atoms with Gasteiger partial charge in [-0.05, 0) is 31.0 Å². The molecule has 1 aromatic carbocycles. The molecule has 0 unspecified atom stereocenters. The van der Waals surface area contributed by atoms with E-state index in [1.54, 1.807) is 0 Å². The molecule has 104 valence electrons. The summed E-state index contributed by atoms with van der Waals surface area (Å²) >= 11 is 0. The van der Waals surface area contributed by atoms with Crippen molar-refractivity contribution in [3.63, 3.8) is 0 Å². The molecule has 1 aliphatic rings. The number of amides is 1. The highest BCUT2D eigenvalue weighted by Gasteiger charge is 2.25. The van der Waals surface area contributed by atoms with Gasteiger partial charge in [0.2, 0.25) is 0 Å². The summed E-state index contributed by atoms with van der Waals surface area (Å²) in [6.45, 7) is 0.